The number of hydrogen-bond acceptors (Lipinski definition) is 7. The molecule has 1 unspecified atom stereocenters. The first kappa shape index (κ1) is 16.9. The summed E-state index contributed by atoms with van der Waals surface area (Å²) in [5.41, 5.74) is 3.85. The van der Waals surface area contributed by atoms with Crippen LogP contribution < -0.4 is 14.8 Å². The summed E-state index contributed by atoms with van der Waals surface area (Å²) in [6.45, 7) is 2.01. The van der Waals surface area contributed by atoms with Crippen molar-refractivity contribution in [2.45, 2.75) is 19.4 Å². The van der Waals surface area contributed by atoms with E-state index in [-0.39, 0.29) is 0 Å². The number of hydrogen-bond donors (Lipinski definition) is 1. The first-order valence-electron chi connectivity index (χ1n) is 8.99. The van der Waals surface area contributed by atoms with Crippen molar-refractivity contribution in [1.29, 1.82) is 0 Å². The Labute approximate surface area is 161 Å². The summed E-state index contributed by atoms with van der Waals surface area (Å²) < 4.78 is 23.8. The Hall–Kier alpha value is -3.26. The number of fused-ring (bicyclic) bond motifs is 4. The van der Waals surface area contributed by atoms with E-state index in [1.165, 1.54) is 14.2 Å². The first-order valence-corrected chi connectivity index (χ1v) is 8.99. The number of benzene rings is 2. The Balaban J connectivity index is 1.49. The third-order valence-corrected chi connectivity index (χ3v) is 5.10. The summed E-state index contributed by atoms with van der Waals surface area (Å²) in [6, 6.07) is 9.50. The highest BCUT2D eigenvalue weighted by molar-refractivity contribution is 5.98. The number of esters is 1. The lowest BCUT2D eigenvalue weighted by Crippen LogP contribution is -2.16. The number of anilines is 1. The predicted octanol–water partition coefficient (Wildman–Crippen LogP) is 2.86. The van der Waals surface area contributed by atoms with E-state index in [0.717, 1.165) is 29.1 Å². The van der Waals surface area contributed by atoms with Crippen molar-refractivity contribution in [1.82, 2.24) is 9.55 Å². The van der Waals surface area contributed by atoms with Gasteiger partial charge in [-0.3, -0.25) is 0 Å². The number of carbonyl (C=O) groups excluding carboxylic acids is 1. The molecule has 8 nitrogen and oxygen atoms in total. The van der Waals surface area contributed by atoms with Crippen LogP contribution in [0.4, 0.5) is 5.69 Å². The van der Waals surface area contributed by atoms with Crippen LogP contribution in [-0.4, -0.2) is 36.3 Å². The molecular formula is C20H19N3O5. The van der Waals surface area contributed by atoms with Gasteiger partial charge in [0, 0.05) is 17.8 Å². The smallest absolute Gasteiger partial charge is 0.344 e. The molecule has 0 saturated heterocycles. The van der Waals surface area contributed by atoms with Crippen molar-refractivity contribution in [2.24, 2.45) is 0 Å². The van der Waals surface area contributed by atoms with Gasteiger partial charge in [-0.2, -0.15) is 0 Å². The number of methoxy groups -OCH3 is 2. The van der Waals surface area contributed by atoms with Crippen molar-refractivity contribution in [3.05, 3.63) is 47.3 Å². The minimum Gasteiger partial charge on any atom is -0.493 e. The van der Waals surface area contributed by atoms with Crippen LogP contribution in [-0.2, 0) is 22.6 Å². The molecule has 1 aromatic heterocycles. The highest BCUT2D eigenvalue weighted by Crippen LogP contribution is 2.42. The molecule has 0 saturated carbocycles. The van der Waals surface area contributed by atoms with Crippen molar-refractivity contribution in [3.63, 3.8) is 0 Å². The van der Waals surface area contributed by atoms with Gasteiger partial charge in [-0.1, -0.05) is 0 Å². The van der Waals surface area contributed by atoms with Gasteiger partial charge < -0.3 is 28.8 Å². The Bertz CT molecular complexity index is 1090. The minimum atomic E-state index is -0.611. The lowest BCUT2D eigenvalue weighted by Gasteiger charge is -2.16. The van der Waals surface area contributed by atoms with Gasteiger partial charge in [-0.15, -0.1) is 0 Å². The molecule has 0 aliphatic carbocycles. The van der Waals surface area contributed by atoms with Gasteiger partial charge in [0.25, 0.3) is 0 Å². The molecule has 2 aliphatic rings. The lowest BCUT2D eigenvalue weighted by molar-refractivity contribution is 0.0435. The van der Waals surface area contributed by atoms with Crippen LogP contribution in [0.5, 0.6) is 11.5 Å². The van der Waals surface area contributed by atoms with Crippen LogP contribution in [0.25, 0.3) is 11.0 Å². The molecule has 144 valence electrons. The third-order valence-electron chi connectivity index (χ3n) is 5.10. The number of nitrogens with zero attached hydrogens (tertiary/aromatic N) is 2. The quantitative estimate of drug-likeness (QED) is 0.696. The molecule has 1 atom stereocenters. The topological polar surface area (TPSA) is 83.8 Å². The SMILES string of the molecule is COc1ccc2c(c1OC)C(=O)OC2Nc1ccc2c(c1)nc1n2CCOC1. The summed E-state index contributed by atoms with van der Waals surface area (Å²) in [6.07, 6.45) is -0.611. The Kier molecular flexibility index (Phi) is 3.87. The predicted molar refractivity (Wildman–Crippen MR) is 101 cm³/mol. The average molecular weight is 381 g/mol. The average Bonchev–Trinajstić information content (AvgIpc) is 3.24. The zero-order valence-electron chi connectivity index (χ0n) is 15.5. The molecule has 3 aromatic rings. The van der Waals surface area contributed by atoms with E-state index in [9.17, 15) is 4.79 Å². The van der Waals surface area contributed by atoms with Crippen molar-refractivity contribution in [2.75, 3.05) is 26.1 Å². The van der Waals surface area contributed by atoms with E-state index < -0.39 is 12.2 Å². The number of cyclic esters (lactones) is 1. The minimum absolute atomic E-state index is 0.381. The largest absolute Gasteiger partial charge is 0.493 e. The molecule has 8 heteroatoms. The summed E-state index contributed by atoms with van der Waals surface area (Å²) in [5, 5.41) is 3.27. The number of nitrogens with one attached hydrogen (secondary N) is 1. The highest BCUT2D eigenvalue weighted by Gasteiger charge is 2.36. The molecule has 0 bridgehead atoms. The number of imidazole rings is 1. The number of aromatic nitrogens is 2. The van der Waals surface area contributed by atoms with E-state index >= 15 is 0 Å². The van der Waals surface area contributed by atoms with Crippen molar-refractivity contribution < 1.29 is 23.7 Å². The second-order valence-electron chi connectivity index (χ2n) is 6.63. The third kappa shape index (κ3) is 2.49. The zero-order valence-corrected chi connectivity index (χ0v) is 15.5. The number of carbonyl (C=O) groups is 1. The molecule has 2 aliphatic heterocycles. The van der Waals surface area contributed by atoms with E-state index in [1.54, 1.807) is 6.07 Å². The standard InChI is InChI=1S/C20H19N3O5/c1-25-15-6-4-12-17(18(15)26-2)20(24)28-19(12)21-11-3-5-14-13(9-11)22-16-10-27-8-7-23(14)16/h3-6,9,19,21H,7-8,10H2,1-2H3. The van der Waals surface area contributed by atoms with Crippen LogP contribution in [0.2, 0.25) is 0 Å². The Morgan fingerprint density at radius 3 is 2.93 bits per heavy atom. The van der Waals surface area contributed by atoms with E-state index in [1.807, 2.05) is 24.3 Å². The fourth-order valence-electron chi connectivity index (χ4n) is 3.81. The van der Waals surface area contributed by atoms with Crippen LogP contribution in [0.1, 0.15) is 28.0 Å². The summed E-state index contributed by atoms with van der Waals surface area (Å²) in [4.78, 5) is 17.1. The van der Waals surface area contributed by atoms with E-state index in [4.69, 9.17) is 18.9 Å². The molecule has 0 amide bonds. The molecule has 2 aromatic carbocycles. The maximum Gasteiger partial charge on any atom is 0.344 e. The van der Waals surface area contributed by atoms with Gasteiger partial charge in [0.05, 0.1) is 31.9 Å². The molecule has 3 heterocycles. The monoisotopic (exact) mass is 381 g/mol. The molecule has 28 heavy (non-hydrogen) atoms. The van der Waals surface area contributed by atoms with Crippen molar-refractivity contribution >= 4 is 22.7 Å². The fourth-order valence-corrected chi connectivity index (χ4v) is 3.81. The van der Waals surface area contributed by atoms with Crippen LogP contribution in [0.15, 0.2) is 30.3 Å². The molecule has 0 spiro atoms. The van der Waals surface area contributed by atoms with Crippen LogP contribution in [0.3, 0.4) is 0 Å². The summed E-state index contributed by atoms with van der Waals surface area (Å²) in [7, 11) is 3.04. The van der Waals surface area contributed by atoms with Crippen LogP contribution in [0, 0.1) is 0 Å². The van der Waals surface area contributed by atoms with Crippen molar-refractivity contribution in [3.8, 4) is 11.5 Å². The van der Waals surface area contributed by atoms with Gasteiger partial charge in [-0.25, -0.2) is 9.78 Å². The molecule has 0 radical (unpaired) electrons. The maximum absolute atomic E-state index is 12.4. The van der Waals surface area contributed by atoms with Crippen LogP contribution >= 0.6 is 0 Å². The maximum atomic E-state index is 12.4. The molecule has 5 rings (SSSR count). The molecular weight excluding hydrogens is 362 g/mol. The lowest BCUT2D eigenvalue weighted by atomic mass is 10.1. The Morgan fingerprint density at radius 1 is 1.21 bits per heavy atom. The molecule has 0 fully saturated rings. The second kappa shape index (κ2) is 6.42. The van der Waals surface area contributed by atoms with Gasteiger partial charge in [0.15, 0.2) is 11.5 Å². The number of rotatable bonds is 4. The highest BCUT2D eigenvalue weighted by atomic mass is 16.6. The summed E-state index contributed by atoms with van der Waals surface area (Å²) in [5.74, 6) is 1.35. The molecule has 1 N–H and O–H groups in total. The zero-order chi connectivity index (χ0) is 19.3. The van der Waals surface area contributed by atoms with E-state index in [2.05, 4.69) is 14.9 Å². The van der Waals surface area contributed by atoms with Gasteiger partial charge in [0.1, 0.15) is 18.0 Å². The van der Waals surface area contributed by atoms with Gasteiger partial charge >= 0.3 is 5.97 Å². The van der Waals surface area contributed by atoms with Gasteiger partial charge in [0.2, 0.25) is 6.23 Å². The van der Waals surface area contributed by atoms with Gasteiger partial charge in [-0.05, 0) is 30.3 Å². The number of ether oxygens (including phenoxy) is 4. The second-order valence-corrected chi connectivity index (χ2v) is 6.63. The fraction of sp³-hybridized carbons (Fsp3) is 0.300. The summed E-state index contributed by atoms with van der Waals surface area (Å²) >= 11 is 0. The Morgan fingerprint density at radius 2 is 2.11 bits per heavy atom. The normalized spacial score (nSPS) is 17.8. The van der Waals surface area contributed by atoms with E-state index in [0.29, 0.717) is 35.8 Å². The first-order chi connectivity index (χ1) is 13.7.